The lowest BCUT2D eigenvalue weighted by Gasteiger charge is -2.31. The van der Waals surface area contributed by atoms with Crippen LogP contribution in [-0.2, 0) is 0 Å². The topological polar surface area (TPSA) is 45.2 Å². The molecular formula is C45H33N5. The Morgan fingerprint density at radius 3 is 1.50 bits per heavy atom. The zero-order valence-electron chi connectivity index (χ0n) is 27.6. The van der Waals surface area contributed by atoms with Crippen molar-refractivity contribution in [3.8, 4) is 45.3 Å². The second-order valence-electron chi connectivity index (χ2n) is 12.5. The van der Waals surface area contributed by atoms with E-state index in [1.54, 1.807) is 0 Å². The molecule has 0 aliphatic carbocycles. The summed E-state index contributed by atoms with van der Waals surface area (Å²) in [6.07, 6.45) is 0.0319. The highest BCUT2D eigenvalue weighted by atomic mass is 15.4. The SMILES string of the molecule is CN1c2ccccc2N(c2ccccc2)C1c1ccc(-c2ccc(-c3nc(-c4ccccc4)nc(-c4ccccc4)n3)c3ccccc23)cc1. The molecular weight excluding hydrogens is 611 g/mol. The lowest BCUT2D eigenvalue weighted by molar-refractivity contribution is 0.719. The number of para-hydroxylation sites is 3. The van der Waals surface area contributed by atoms with E-state index in [0.717, 1.165) is 33.0 Å². The van der Waals surface area contributed by atoms with E-state index in [-0.39, 0.29) is 6.17 Å². The summed E-state index contributed by atoms with van der Waals surface area (Å²) in [6, 6.07) is 61.5. The Bertz CT molecular complexity index is 2390. The number of aromatic nitrogens is 3. The molecule has 1 aliphatic heterocycles. The Balaban J connectivity index is 1.12. The molecule has 1 atom stereocenters. The Morgan fingerprint density at radius 2 is 0.880 bits per heavy atom. The first kappa shape index (κ1) is 29.5. The zero-order chi connectivity index (χ0) is 33.4. The number of nitrogens with zero attached hydrogens (tertiary/aromatic N) is 5. The molecule has 7 aromatic carbocycles. The Labute approximate surface area is 291 Å². The predicted octanol–water partition coefficient (Wildman–Crippen LogP) is 11.0. The highest BCUT2D eigenvalue weighted by Crippen LogP contribution is 2.49. The molecule has 5 heteroatoms. The van der Waals surface area contributed by atoms with E-state index < -0.39 is 0 Å². The van der Waals surface area contributed by atoms with Crippen molar-refractivity contribution in [3.63, 3.8) is 0 Å². The summed E-state index contributed by atoms with van der Waals surface area (Å²) in [5.41, 5.74) is 10.0. The third-order valence-corrected chi connectivity index (χ3v) is 9.55. The van der Waals surface area contributed by atoms with Gasteiger partial charge in [-0.2, -0.15) is 0 Å². The van der Waals surface area contributed by atoms with Crippen molar-refractivity contribution < 1.29 is 0 Å². The minimum atomic E-state index is 0.0319. The molecule has 0 fully saturated rings. The van der Waals surface area contributed by atoms with Crippen molar-refractivity contribution in [1.82, 2.24) is 15.0 Å². The summed E-state index contributed by atoms with van der Waals surface area (Å²) in [4.78, 5) is 19.8. The van der Waals surface area contributed by atoms with E-state index in [2.05, 4.69) is 132 Å². The predicted molar refractivity (Wildman–Crippen MR) is 205 cm³/mol. The van der Waals surface area contributed by atoms with Crippen molar-refractivity contribution in [2.24, 2.45) is 0 Å². The Hall–Kier alpha value is -6.59. The van der Waals surface area contributed by atoms with Crippen LogP contribution in [0.25, 0.3) is 56.1 Å². The molecule has 0 saturated carbocycles. The van der Waals surface area contributed by atoms with Crippen molar-refractivity contribution in [1.29, 1.82) is 0 Å². The van der Waals surface area contributed by atoms with Crippen LogP contribution in [0.2, 0.25) is 0 Å². The molecule has 0 radical (unpaired) electrons. The highest BCUT2D eigenvalue weighted by Gasteiger charge is 2.35. The third kappa shape index (κ3) is 5.17. The normalized spacial score (nSPS) is 13.8. The maximum absolute atomic E-state index is 5.03. The van der Waals surface area contributed by atoms with Crippen LogP contribution in [0.5, 0.6) is 0 Å². The molecule has 1 aromatic heterocycles. The van der Waals surface area contributed by atoms with Crippen LogP contribution in [-0.4, -0.2) is 22.0 Å². The largest absolute Gasteiger partial charge is 0.349 e. The van der Waals surface area contributed by atoms with Crippen molar-refractivity contribution >= 4 is 27.8 Å². The average Bonchev–Trinajstić information content (AvgIpc) is 3.50. The van der Waals surface area contributed by atoms with Crippen LogP contribution in [0.15, 0.2) is 176 Å². The summed E-state index contributed by atoms with van der Waals surface area (Å²) in [5.74, 6) is 1.96. The summed E-state index contributed by atoms with van der Waals surface area (Å²) >= 11 is 0. The maximum Gasteiger partial charge on any atom is 0.164 e. The zero-order valence-corrected chi connectivity index (χ0v) is 27.6. The second kappa shape index (κ2) is 12.5. The monoisotopic (exact) mass is 643 g/mol. The molecule has 1 aliphatic rings. The van der Waals surface area contributed by atoms with Crippen molar-refractivity contribution in [3.05, 3.63) is 181 Å². The van der Waals surface area contributed by atoms with Gasteiger partial charge in [0.15, 0.2) is 17.5 Å². The smallest absolute Gasteiger partial charge is 0.164 e. The number of hydrogen-bond acceptors (Lipinski definition) is 5. The fourth-order valence-electron chi connectivity index (χ4n) is 7.15. The van der Waals surface area contributed by atoms with Gasteiger partial charge in [-0.1, -0.05) is 146 Å². The van der Waals surface area contributed by atoms with Gasteiger partial charge < -0.3 is 9.80 Å². The molecule has 2 heterocycles. The fraction of sp³-hybridized carbons (Fsp3) is 0.0444. The van der Waals surface area contributed by atoms with Crippen LogP contribution < -0.4 is 9.80 Å². The van der Waals surface area contributed by atoms with Gasteiger partial charge in [0.2, 0.25) is 0 Å². The quantitative estimate of drug-likeness (QED) is 0.180. The van der Waals surface area contributed by atoms with Gasteiger partial charge in [-0.25, -0.2) is 15.0 Å². The minimum absolute atomic E-state index is 0.0319. The van der Waals surface area contributed by atoms with E-state index in [9.17, 15) is 0 Å². The summed E-state index contributed by atoms with van der Waals surface area (Å²) in [5, 5.41) is 2.25. The molecule has 238 valence electrons. The molecule has 9 rings (SSSR count). The molecule has 8 aromatic rings. The van der Waals surface area contributed by atoms with Gasteiger partial charge in [-0.3, -0.25) is 0 Å². The number of anilines is 3. The Morgan fingerprint density at radius 1 is 0.400 bits per heavy atom. The first-order valence-electron chi connectivity index (χ1n) is 16.9. The highest BCUT2D eigenvalue weighted by molar-refractivity contribution is 6.04. The molecule has 0 bridgehead atoms. The fourth-order valence-corrected chi connectivity index (χ4v) is 7.15. The van der Waals surface area contributed by atoms with E-state index in [1.807, 2.05) is 60.7 Å². The summed E-state index contributed by atoms with van der Waals surface area (Å²) in [6.45, 7) is 0. The number of hydrogen-bond donors (Lipinski definition) is 0. The maximum atomic E-state index is 5.03. The van der Waals surface area contributed by atoms with Crippen molar-refractivity contribution in [2.75, 3.05) is 16.8 Å². The van der Waals surface area contributed by atoms with E-state index in [4.69, 9.17) is 15.0 Å². The van der Waals surface area contributed by atoms with Gasteiger partial charge in [0.1, 0.15) is 6.17 Å². The average molecular weight is 644 g/mol. The van der Waals surface area contributed by atoms with Crippen LogP contribution in [0.3, 0.4) is 0 Å². The van der Waals surface area contributed by atoms with Gasteiger partial charge in [0.05, 0.1) is 11.4 Å². The minimum Gasteiger partial charge on any atom is -0.349 e. The van der Waals surface area contributed by atoms with Gasteiger partial charge in [0, 0.05) is 29.4 Å². The lowest BCUT2D eigenvalue weighted by Crippen LogP contribution is -2.30. The molecule has 1 unspecified atom stereocenters. The first-order valence-corrected chi connectivity index (χ1v) is 16.9. The van der Waals surface area contributed by atoms with Gasteiger partial charge in [-0.05, 0) is 57.8 Å². The van der Waals surface area contributed by atoms with Crippen LogP contribution in [0, 0.1) is 0 Å². The van der Waals surface area contributed by atoms with Gasteiger partial charge in [0.25, 0.3) is 0 Å². The van der Waals surface area contributed by atoms with Crippen LogP contribution in [0.1, 0.15) is 11.7 Å². The standard InChI is InChI=1S/C45H33N5/c1-49-40-23-13-14-24-41(40)50(35-19-9-4-10-20-35)45(49)34-27-25-31(26-28-34)36-29-30-39(38-22-12-11-21-37(36)38)44-47-42(32-15-5-2-6-16-32)46-43(48-44)33-17-7-3-8-18-33/h2-30,45H,1H3. The van der Waals surface area contributed by atoms with Gasteiger partial charge in [-0.15, -0.1) is 0 Å². The molecule has 0 spiro atoms. The van der Waals surface area contributed by atoms with Crippen molar-refractivity contribution in [2.45, 2.75) is 6.17 Å². The third-order valence-electron chi connectivity index (χ3n) is 9.55. The van der Waals surface area contributed by atoms with E-state index >= 15 is 0 Å². The number of benzene rings is 7. The van der Waals surface area contributed by atoms with E-state index in [0.29, 0.717) is 17.5 Å². The molecule has 50 heavy (non-hydrogen) atoms. The summed E-state index contributed by atoms with van der Waals surface area (Å²) < 4.78 is 0. The van der Waals surface area contributed by atoms with E-state index in [1.165, 1.54) is 28.2 Å². The Kier molecular flexibility index (Phi) is 7.36. The number of rotatable bonds is 6. The number of fused-ring (bicyclic) bond motifs is 2. The summed E-state index contributed by atoms with van der Waals surface area (Å²) in [7, 11) is 2.18. The molecule has 0 N–H and O–H groups in total. The van der Waals surface area contributed by atoms with Crippen LogP contribution >= 0.6 is 0 Å². The second-order valence-corrected chi connectivity index (χ2v) is 12.5. The van der Waals surface area contributed by atoms with Crippen LogP contribution in [0.4, 0.5) is 17.1 Å². The van der Waals surface area contributed by atoms with Gasteiger partial charge >= 0.3 is 0 Å². The molecule has 0 amide bonds. The molecule has 0 saturated heterocycles. The lowest BCUT2D eigenvalue weighted by atomic mass is 9.94. The molecule has 5 nitrogen and oxygen atoms in total. The first-order chi connectivity index (χ1) is 24.7.